The Morgan fingerprint density at radius 3 is 1.75 bits per heavy atom. The van der Waals surface area contributed by atoms with Crippen LogP contribution in [0.5, 0.6) is 0 Å². The Kier molecular flexibility index (Phi) is 4.70. The van der Waals surface area contributed by atoms with Crippen molar-refractivity contribution in [2.75, 3.05) is 14.2 Å². The lowest BCUT2D eigenvalue weighted by molar-refractivity contribution is -0.236. The molecule has 0 bridgehead atoms. The molecular weight excluding hydrogens is 212 g/mol. The van der Waals surface area contributed by atoms with E-state index in [2.05, 4.69) is 0 Å². The minimum atomic E-state index is -0.425. The molecule has 1 rings (SSSR count). The van der Waals surface area contributed by atoms with Gasteiger partial charge in [-0.2, -0.15) is 0 Å². The molecular formula is C11H20O5. The molecule has 0 amide bonds. The molecule has 1 heterocycles. The standard InChI is InChI=1S/C11H20O5/c1-6-9(13-4)11(16-8(3)12)10(14-5)7(2)15-6/h6-7,9-11H,1-5H3. The molecule has 0 spiro atoms. The molecule has 0 aromatic heterocycles. The summed E-state index contributed by atoms with van der Waals surface area (Å²) in [6.45, 7) is 5.17. The molecule has 16 heavy (non-hydrogen) atoms. The van der Waals surface area contributed by atoms with E-state index in [4.69, 9.17) is 18.9 Å². The molecule has 4 atom stereocenters. The number of esters is 1. The molecule has 94 valence electrons. The molecule has 4 unspecified atom stereocenters. The van der Waals surface area contributed by atoms with Crippen LogP contribution in [-0.4, -0.2) is 50.7 Å². The van der Waals surface area contributed by atoms with Gasteiger partial charge in [0, 0.05) is 21.1 Å². The maximum absolute atomic E-state index is 11.1. The van der Waals surface area contributed by atoms with Crippen LogP contribution >= 0.6 is 0 Å². The maximum Gasteiger partial charge on any atom is 0.303 e. The summed E-state index contributed by atoms with van der Waals surface area (Å²) < 4.78 is 21.6. The van der Waals surface area contributed by atoms with E-state index in [0.717, 1.165) is 0 Å². The average molecular weight is 232 g/mol. The van der Waals surface area contributed by atoms with Crippen molar-refractivity contribution in [2.24, 2.45) is 0 Å². The number of carbonyl (C=O) groups is 1. The molecule has 1 aliphatic rings. The van der Waals surface area contributed by atoms with E-state index in [0.29, 0.717) is 0 Å². The third-order valence-electron chi connectivity index (χ3n) is 2.85. The van der Waals surface area contributed by atoms with Crippen LogP contribution in [0, 0.1) is 0 Å². The van der Waals surface area contributed by atoms with E-state index in [1.165, 1.54) is 6.92 Å². The fourth-order valence-corrected chi connectivity index (χ4v) is 2.19. The summed E-state index contributed by atoms with van der Waals surface area (Å²) >= 11 is 0. The lowest BCUT2D eigenvalue weighted by Crippen LogP contribution is -2.58. The molecule has 1 aliphatic heterocycles. The van der Waals surface area contributed by atoms with Crippen molar-refractivity contribution < 1.29 is 23.7 Å². The Morgan fingerprint density at radius 2 is 1.44 bits per heavy atom. The van der Waals surface area contributed by atoms with Gasteiger partial charge in [0.25, 0.3) is 0 Å². The first kappa shape index (κ1) is 13.4. The van der Waals surface area contributed by atoms with E-state index in [1.807, 2.05) is 13.8 Å². The van der Waals surface area contributed by atoms with Gasteiger partial charge in [0.2, 0.25) is 0 Å². The number of hydrogen-bond donors (Lipinski definition) is 0. The molecule has 0 saturated carbocycles. The van der Waals surface area contributed by atoms with E-state index in [-0.39, 0.29) is 30.4 Å². The molecule has 5 nitrogen and oxygen atoms in total. The van der Waals surface area contributed by atoms with Crippen molar-refractivity contribution in [3.8, 4) is 0 Å². The van der Waals surface area contributed by atoms with Crippen LogP contribution in [0.1, 0.15) is 20.8 Å². The minimum Gasteiger partial charge on any atom is -0.457 e. The Labute approximate surface area is 96.0 Å². The lowest BCUT2D eigenvalue weighted by atomic mass is 9.96. The number of carbonyl (C=O) groups excluding carboxylic acids is 1. The number of hydrogen-bond acceptors (Lipinski definition) is 5. The van der Waals surface area contributed by atoms with Crippen LogP contribution in [0.2, 0.25) is 0 Å². The van der Waals surface area contributed by atoms with Crippen LogP contribution in [0.15, 0.2) is 0 Å². The second kappa shape index (κ2) is 5.61. The number of methoxy groups -OCH3 is 2. The van der Waals surface area contributed by atoms with Gasteiger partial charge in [-0.25, -0.2) is 0 Å². The first-order valence-electron chi connectivity index (χ1n) is 5.39. The predicted molar refractivity (Wildman–Crippen MR) is 57.2 cm³/mol. The Balaban J connectivity index is 2.85. The molecule has 1 fully saturated rings. The first-order chi connectivity index (χ1) is 7.51. The second-order valence-electron chi connectivity index (χ2n) is 4.02. The number of rotatable bonds is 3. The highest BCUT2D eigenvalue weighted by atomic mass is 16.6. The number of ether oxygens (including phenoxy) is 4. The van der Waals surface area contributed by atoms with E-state index in [1.54, 1.807) is 14.2 Å². The Hall–Kier alpha value is -0.650. The molecule has 1 saturated heterocycles. The van der Waals surface area contributed by atoms with Crippen molar-refractivity contribution in [1.82, 2.24) is 0 Å². The second-order valence-corrected chi connectivity index (χ2v) is 4.02. The minimum absolute atomic E-state index is 0.129. The Bertz CT molecular complexity index is 227. The largest absolute Gasteiger partial charge is 0.457 e. The summed E-state index contributed by atoms with van der Waals surface area (Å²) in [7, 11) is 3.15. The van der Waals surface area contributed by atoms with E-state index < -0.39 is 6.10 Å². The third kappa shape index (κ3) is 2.72. The summed E-state index contributed by atoms with van der Waals surface area (Å²) in [5.74, 6) is -0.338. The van der Waals surface area contributed by atoms with Gasteiger partial charge >= 0.3 is 5.97 Å². The van der Waals surface area contributed by atoms with Gasteiger partial charge in [-0.15, -0.1) is 0 Å². The zero-order valence-electron chi connectivity index (χ0n) is 10.4. The van der Waals surface area contributed by atoms with Gasteiger partial charge in [0.15, 0.2) is 6.10 Å². The molecule has 0 aromatic carbocycles. The zero-order chi connectivity index (χ0) is 12.3. The first-order valence-corrected chi connectivity index (χ1v) is 5.39. The van der Waals surface area contributed by atoms with Crippen molar-refractivity contribution in [1.29, 1.82) is 0 Å². The Morgan fingerprint density at radius 1 is 1.00 bits per heavy atom. The molecule has 5 heteroatoms. The summed E-state index contributed by atoms with van der Waals surface area (Å²) in [5.41, 5.74) is 0. The van der Waals surface area contributed by atoms with Crippen LogP contribution in [0.3, 0.4) is 0 Å². The van der Waals surface area contributed by atoms with Crippen molar-refractivity contribution in [3.63, 3.8) is 0 Å². The zero-order valence-corrected chi connectivity index (χ0v) is 10.4. The maximum atomic E-state index is 11.1. The van der Waals surface area contributed by atoms with Crippen molar-refractivity contribution >= 4 is 5.97 Å². The van der Waals surface area contributed by atoms with E-state index in [9.17, 15) is 4.79 Å². The van der Waals surface area contributed by atoms with E-state index >= 15 is 0 Å². The van der Waals surface area contributed by atoms with Gasteiger partial charge in [0.1, 0.15) is 12.2 Å². The fourth-order valence-electron chi connectivity index (χ4n) is 2.19. The highest BCUT2D eigenvalue weighted by molar-refractivity contribution is 5.66. The van der Waals surface area contributed by atoms with Crippen molar-refractivity contribution in [3.05, 3.63) is 0 Å². The van der Waals surface area contributed by atoms with Crippen LogP contribution < -0.4 is 0 Å². The van der Waals surface area contributed by atoms with Gasteiger partial charge in [-0.3, -0.25) is 4.79 Å². The quantitative estimate of drug-likeness (QED) is 0.672. The summed E-state index contributed by atoms with van der Waals surface area (Å²) in [6.07, 6.45) is -1.28. The normalized spacial score (nSPS) is 39.4. The highest BCUT2D eigenvalue weighted by Gasteiger charge is 2.45. The monoisotopic (exact) mass is 232 g/mol. The molecule has 0 N–H and O–H groups in total. The SMILES string of the molecule is COC1C(C)OC(C)C(OC)C1OC(C)=O. The smallest absolute Gasteiger partial charge is 0.303 e. The van der Waals surface area contributed by atoms with Gasteiger partial charge in [-0.1, -0.05) is 0 Å². The van der Waals surface area contributed by atoms with Crippen LogP contribution in [0.25, 0.3) is 0 Å². The van der Waals surface area contributed by atoms with Gasteiger partial charge in [-0.05, 0) is 13.8 Å². The van der Waals surface area contributed by atoms with Crippen LogP contribution in [0.4, 0.5) is 0 Å². The third-order valence-corrected chi connectivity index (χ3v) is 2.85. The highest BCUT2D eigenvalue weighted by Crippen LogP contribution is 2.26. The summed E-state index contributed by atoms with van der Waals surface area (Å²) in [4.78, 5) is 11.1. The van der Waals surface area contributed by atoms with Crippen LogP contribution in [-0.2, 0) is 23.7 Å². The molecule has 0 radical (unpaired) electrons. The van der Waals surface area contributed by atoms with Gasteiger partial charge < -0.3 is 18.9 Å². The lowest BCUT2D eigenvalue weighted by Gasteiger charge is -2.42. The average Bonchev–Trinajstić information content (AvgIpc) is 2.17. The predicted octanol–water partition coefficient (Wildman–Crippen LogP) is 0.755. The molecule has 0 aromatic rings. The van der Waals surface area contributed by atoms with Gasteiger partial charge in [0.05, 0.1) is 12.2 Å². The van der Waals surface area contributed by atoms with Crippen molar-refractivity contribution in [2.45, 2.75) is 51.3 Å². The topological polar surface area (TPSA) is 54.0 Å². The summed E-state index contributed by atoms with van der Waals surface area (Å²) in [6, 6.07) is 0. The summed E-state index contributed by atoms with van der Waals surface area (Å²) in [5, 5.41) is 0. The fraction of sp³-hybridized carbons (Fsp3) is 0.909. The molecule has 0 aliphatic carbocycles.